The van der Waals surface area contributed by atoms with E-state index in [1.165, 1.54) is 0 Å². The highest BCUT2D eigenvalue weighted by atomic mass is 19.3. The molecular weight excluding hydrogens is 262 g/mol. The summed E-state index contributed by atoms with van der Waals surface area (Å²) >= 11 is 0. The van der Waals surface area contributed by atoms with E-state index >= 15 is 0 Å². The van der Waals surface area contributed by atoms with Crippen LogP contribution in [0.25, 0.3) is 0 Å². The quantitative estimate of drug-likeness (QED) is 0.751. The number of phenolic OH excluding ortho intramolecular Hbond substituents is 1. The summed E-state index contributed by atoms with van der Waals surface area (Å²) in [7, 11) is 0. The van der Waals surface area contributed by atoms with Gasteiger partial charge < -0.3 is 10.4 Å². The van der Waals surface area contributed by atoms with Crippen LogP contribution >= 0.6 is 0 Å². The van der Waals surface area contributed by atoms with Gasteiger partial charge in [-0.3, -0.25) is 0 Å². The molecule has 0 aromatic heterocycles. The van der Waals surface area contributed by atoms with Gasteiger partial charge in [0.05, 0.1) is 6.54 Å². The molecule has 0 spiro atoms. The molecule has 19 heavy (non-hydrogen) atoms. The lowest BCUT2D eigenvalue weighted by atomic mass is 10.1. The van der Waals surface area contributed by atoms with E-state index in [1.807, 2.05) is 0 Å². The summed E-state index contributed by atoms with van der Waals surface area (Å²) in [6.45, 7) is 0.642. The Morgan fingerprint density at radius 3 is 2.32 bits per heavy atom. The molecule has 6 heteroatoms. The Morgan fingerprint density at radius 2 is 1.79 bits per heavy atom. The van der Waals surface area contributed by atoms with Gasteiger partial charge in [-0.05, 0) is 37.5 Å². The van der Waals surface area contributed by atoms with Crippen LogP contribution in [-0.2, 0) is 6.42 Å². The van der Waals surface area contributed by atoms with E-state index in [-0.39, 0.29) is 11.8 Å². The first-order chi connectivity index (χ1) is 8.81. The first-order valence-corrected chi connectivity index (χ1v) is 5.98. The SMILES string of the molecule is CC(CCc1ccc(O)cc1)NCC(F)(F)C(F)F. The van der Waals surface area contributed by atoms with Crippen molar-refractivity contribution in [1.82, 2.24) is 5.32 Å². The highest BCUT2D eigenvalue weighted by Crippen LogP contribution is 2.21. The van der Waals surface area contributed by atoms with Crippen LogP contribution in [0, 0.1) is 0 Å². The van der Waals surface area contributed by atoms with E-state index in [0.29, 0.717) is 12.8 Å². The molecule has 1 aromatic rings. The van der Waals surface area contributed by atoms with Crippen molar-refractivity contribution in [3.05, 3.63) is 29.8 Å². The van der Waals surface area contributed by atoms with Crippen molar-refractivity contribution >= 4 is 0 Å². The summed E-state index contributed by atoms with van der Waals surface area (Å²) in [5.74, 6) is -3.83. The predicted molar refractivity (Wildman–Crippen MR) is 64.8 cm³/mol. The normalized spacial score (nSPS) is 13.8. The summed E-state index contributed by atoms with van der Waals surface area (Å²) in [5, 5.41) is 11.5. The van der Waals surface area contributed by atoms with Crippen LogP contribution in [0.2, 0.25) is 0 Å². The van der Waals surface area contributed by atoms with Gasteiger partial charge in [-0.2, -0.15) is 8.78 Å². The van der Waals surface area contributed by atoms with E-state index in [4.69, 9.17) is 5.11 Å². The molecule has 0 fully saturated rings. The van der Waals surface area contributed by atoms with Crippen molar-refractivity contribution < 1.29 is 22.7 Å². The van der Waals surface area contributed by atoms with Crippen LogP contribution in [0.3, 0.4) is 0 Å². The first-order valence-electron chi connectivity index (χ1n) is 5.98. The van der Waals surface area contributed by atoms with Gasteiger partial charge in [-0.1, -0.05) is 12.1 Å². The van der Waals surface area contributed by atoms with Crippen molar-refractivity contribution in [3.63, 3.8) is 0 Å². The average molecular weight is 279 g/mol. The fourth-order valence-electron chi connectivity index (χ4n) is 1.54. The van der Waals surface area contributed by atoms with Gasteiger partial charge in [0.2, 0.25) is 0 Å². The second-order valence-corrected chi connectivity index (χ2v) is 4.55. The van der Waals surface area contributed by atoms with Crippen molar-refractivity contribution in [2.45, 2.75) is 38.2 Å². The fourth-order valence-corrected chi connectivity index (χ4v) is 1.54. The Hall–Kier alpha value is -1.30. The lowest BCUT2D eigenvalue weighted by Gasteiger charge is -2.19. The molecule has 2 nitrogen and oxygen atoms in total. The molecule has 0 aliphatic heterocycles. The van der Waals surface area contributed by atoms with Crippen molar-refractivity contribution in [1.29, 1.82) is 0 Å². The molecule has 0 amide bonds. The summed E-state index contributed by atoms with van der Waals surface area (Å²) in [5.41, 5.74) is 0.951. The highest BCUT2D eigenvalue weighted by Gasteiger charge is 2.40. The number of rotatable bonds is 7. The summed E-state index contributed by atoms with van der Waals surface area (Å²) < 4.78 is 49.2. The number of phenols is 1. The Labute approximate surface area is 109 Å². The maximum Gasteiger partial charge on any atom is 0.319 e. The minimum absolute atomic E-state index is 0.159. The van der Waals surface area contributed by atoms with Crippen LogP contribution in [0.15, 0.2) is 24.3 Å². The third-order valence-corrected chi connectivity index (χ3v) is 2.81. The monoisotopic (exact) mass is 279 g/mol. The third kappa shape index (κ3) is 5.46. The van der Waals surface area contributed by atoms with Gasteiger partial charge in [-0.15, -0.1) is 0 Å². The number of benzene rings is 1. The second kappa shape index (κ2) is 6.75. The Morgan fingerprint density at radius 1 is 1.21 bits per heavy atom. The number of alkyl halides is 4. The first kappa shape index (κ1) is 15.8. The van der Waals surface area contributed by atoms with Crippen LogP contribution < -0.4 is 5.32 Å². The van der Waals surface area contributed by atoms with Crippen molar-refractivity contribution in [2.24, 2.45) is 0 Å². The molecule has 0 saturated heterocycles. The molecule has 2 N–H and O–H groups in total. The van der Waals surface area contributed by atoms with E-state index in [9.17, 15) is 17.6 Å². The zero-order valence-electron chi connectivity index (χ0n) is 10.5. The standard InChI is InChI=1S/C13H17F4NO/c1-9(18-8-13(16,17)12(14)15)2-3-10-4-6-11(19)7-5-10/h4-7,9,12,18-19H,2-3,8H2,1H3. The minimum Gasteiger partial charge on any atom is -0.508 e. The van der Waals surface area contributed by atoms with Gasteiger partial charge >= 0.3 is 12.3 Å². The maximum atomic E-state index is 12.7. The topological polar surface area (TPSA) is 32.3 Å². The van der Waals surface area contributed by atoms with Gasteiger partial charge in [0.1, 0.15) is 5.75 Å². The largest absolute Gasteiger partial charge is 0.508 e. The van der Waals surface area contributed by atoms with Gasteiger partial charge in [-0.25, -0.2) is 8.78 Å². The van der Waals surface area contributed by atoms with Gasteiger partial charge in [0.25, 0.3) is 0 Å². The number of aromatic hydroxyl groups is 1. The van der Waals surface area contributed by atoms with E-state index in [0.717, 1.165) is 5.56 Å². The molecule has 0 bridgehead atoms. The molecule has 108 valence electrons. The molecule has 1 atom stereocenters. The summed E-state index contributed by atoms with van der Waals surface area (Å²) in [4.78, 5) is 0. The summed E-state index contributed by atoms with van der Waals surface area (Å²) in [6, 6.07) is 6.25. The highest BCUT2D eigenvalue weighted by molar-refractivity contribution is 5.25. The van der Waals surface area contributed by atoms with Crippen LogP contribution in [-0.4, -0.2) is 30.0 Å². The van der Waals surface area contributed by atoms with Crippen molar-refractivity contribution in [3.8, 4) is 5.75 Å². The molecule has 1 aromatic carbocycles. The number of hydrogen-bond acceptors (Lipinski definition) is 2. The molecule has 0 saturated carbocycles. The number of nitrogens with one attached hydrogen (secondary N) is 1. The van der Waals surface area contributed by atoms with Gasteiger partial charge in [0.15, 0.2) is 0 Å². The van der Waals surface area contributed by atoms with Gasteiger partial charge in [0, 0.05) is 6.04 Å². The van der Waals surface area contributed by atoms with Crippen molar-refractivity contribution in [2.75, 3.05) is 6.54 Å². The molecule has 1 rings (SSSR count). The van der Waals surface area contributed by atoms with E-state index < -0.39 is 18.9 Å². The predicted octanol–water partition coefficient (Wildman–Crippen LogP) is 3.20. The molecule has 0 heterocycles. The molecule has 0 radical (unpaired) electrons. The third-order valence-electron chi connectivity index (χ3n) is 2.81. The fraction of sp³-hybridized carbons (Fsp3) is 0.538. The number of hydrogen-bond donors (Lipinski definition) is 2. The lowest BCUT2D eigenvalue weighted by molar-refractivity contribution is -0.126. The Bertz CT molecular complexity index is 381. The summed E-state index contributed by atoms with van der Waals surface area (Å²) in [6.07, 6.45) is -2.48. The maximum absolute atomic E-state index is 12.7. The van der Waals surface area contributed by atoms with Crippen LogP contribution in [0.1, 0.15) is 18.9 Å². The Balaban J connectivity index is 2.32. The van der Waals surface area contributed by atoms with E-state index in [1.54, 1.807) is 31.2 Å². The molecule has 1 unspecified atom stereocenters. The van der Waals surface area contributed by atoms with Crippen LogP contribution in [0.4, 0.5) is 17.6 Å². The molecular formula is C13H17F4NO. The molecule has 0 aliphatic carbocycles. The zero-order chi connectivity index (χ0) is 14.5. The average Bonchev–Trinajstić information content (AvgIpc) is 2.35. The molecule has 0 aliphatic rings. The Kier molecular flexibility index (Phi) is 5.60. The zero-order valence-corrected chi connectivity index (χ0v) is 10.5. The number of aryl methyl sites for hydroxylation is 1. The number of halogens is 4. The second-order valence-electron chi connectivity index (χ2n) is 4.55. The van der Waals surface area contributed by atoms with E-state index in [2.05, 4.69) is 5.32 Å². The minimum atomic E-state index is -3.99. The van der Waals surface area contributed by atoms with Crippen LogP contribution in [0.5, 0.6) is 5.75 Å². The smallest absolute Gasteiger partial charge is 0.319 e. The lowest BCUT2D eigenvalue weighted by Crippen LogP contribution is -2.42.